The summed E-state index contributed by atoms with van der Waals surface area (Å²) in [6, 6.07) is 0. The van der Waals surface area contributed by atoms with Crippen LogP contribution in [0.15, 0.2) is 0 Å². The van der Waals surface area contributed by atoms with E-state index in [9.17, 15) is 0 Å². The summed E-state index contributed by atoms with van der Waals surface area (Å²) in [5.41, 5.74) is 0. The van der Waals surface area contributed by atoms with Gasteiger partial charge in [0.2, 0.25) is 0 Å². The fraction of sp³-hybridized carbons (Fsp3) is 1.00. The van der Waals surface area contributed by atoms with E-state index in [0.717, 1.165) is 0 Å². The number of hydrogen-bond acceptors (Lipinski definition) is 6. The largest absolute Gasteiger partial charge is 1.00 e. The topological polar surface area (TPSA) is 127 Å². The van der Waals surface area contributed by atoms with Crippen molar-refractivity contribution < 1.29 is 184 Å². The molecule has 0 aliphatic rings. The molecule has 0 heterocycles. The normalized spacial score (nSPS) is 10.3. The van der Waals surface area contributed by atoms with E-state index in [1.165, 1.54) is 6.92 Å². The van der Waals surface area contributed by atoms with Crippen LogP contribution in [-0.2, 0) is 4.57 Å². The van der Waals surface area contributed by atoms with Crippen molar-refractivity contribution in [1.29, 1.82) is 0 Å². The van der Waals surface area contributed by atoms with Crippen LogP contribution in [0.2, 0.25) is 0 Å². The average molecular weight is 288 g/mol. The predicted octanol–water partition coefficient (Wildman–Crippen LogP) is -12.5. The summed E-state index contributed by atoms with van der Waals surface area (Å²) < 4.78 is 8.55. The van der Waals surface area contributed by atoms with Gasteiger partial charge < -0.3 is 29.5 Å². The van der Waals surface area contributed by atoms with Crippen LogP contribution in [-0.4, -0.2) is 22.9 Å². The molecule has 1 unspecified atom stereocenters. The van der Waals surface area contributed by atoms with Crippen molar-refractivity contribution in [1.82, 2.24) is 0 Å². The standard InChI is InChI=1S/C3H8O2.3K.H3O4P/c1-3(5)2-4;;;;1-5(2,3)4/h3-5H,2H2,1H3;;;;(H3,1,2,3,4)/q;3*+1;/p-3. The van der Waals surface area contributed by atoms with Gasteiger partial charge in [-0.15, -0.1) is 0 Å². The van der Waals surface area contributed by atoms with Crippen LogP contribution >= 0.6 is 7.82 Å². The molecule has 0 bridgehead atoms. The molecule has 0 fully saturated rings. The van der Waals surface area contributed by atoms with Gasteiger partial charge in [0.25, 0.3) is 0 Å². The fourth-order valence-electron chi connectivity index (χ4n) is 0. The number of hydrogen-bond donors (Lipinski definition) is 2. The van der Waals surface area contributed by atoms with Crippen molar-refractivity contribution in [2.75, 3.05) is 6.61 Å². The van der Waals surface area contributed by atoms with Crippen molar-refractivity contribution in [3.8, 4) is 0 Å². The van der Waals surface area contributed by atoms with Crippen LogP contribution in [0.1, 0.15) is 6.92 Å². The zero-order valence-corrected chi connectivity index (χ0v) is 18.5. The van der Waals surface area contributed by atoms with Crippen LogP contribution < -0.4 is 169 Å². The molecule has 64 valence electrons. The van der Waals surface area contributed by atoms with Crippen LogP contribution in [0.3, 0.4) is 0 Å². The van der Waals surface area contributed by atoms with E-state index in [-0.39, 0.29) is 161 Å². The van der Waals surface area contributed by atoms with Gasteiger partial charge in [-0.3, -0.25) is 0 Å². The second kappa shape index (κ2) is 19.3. The molecule has 0 aromatic rings. The van der Waals surface area contributed by atoms with Crippen LogP contribution in [0.25, 0.3) is 0 Å². The quantitative estimate of drug-likeness (QED) is 0.364. The predicted molar refractivity (Wildman–Crippen MR) is 26.4 cm³/mol. The molecule has 0 saturated heterocycles. The summed E-state index contributed by atoms with van der Waals surface area (Å²) in [5.74, 6) is 0. The Morgan fingerprint density at radius 3 is 1.31 bits per heavy atom. The van der Waals surface area contributed by atoms with Gasteiger partial charge in [0, 0.05) is 0 Å². The zero-order valence-electron chi connectivity index (χ0n) is 8.26. The van der Waals surface area contributed by atoms with E-state index >= 15 is 0 Å². The maximum absolute atomic E-state index is 8.55. The Hall–Kier alpha value is 4.94. The first-order valence-corrected chi connectivity index (χ1v) is 3.75. The number of aliphatic hydroxyl groups excluding tert-OH is 2. The minimum absolute atomic E-state index is 0. The molecule has 6 nitrogen and oxygen atoms in total. The van der Waals surface area contributed by atoms with Gasteiger partial charge in [-0.2, -0.15) is 7.82 Å². The Morgan fingerprint density at radius 2 is 1.31 bits per heavy atom. The van der Waals surface area contributed by atoms with E-state index in [1.807, 2.05) is 0 Å². The van der Waals surface area contributed by atoms with Crippen molar-refractivity contribution in [2.45, 2.75) is 13.0 Å². The molecule has 1 atom stereocenters. The molecule has 0 aromatic carbocycles. The van der Waals surface area contributed by atoms with Crippen molar-refractivity contribution in [3.05, 3.63) is 0 Å². The Bertz CT molecular complexity index is 107. The molecule has 2 N–H and O–H groups in total. The molecule has 0 saturated carbocycles. The Labute approximate surface area is 205 Å². The van der Waals surface area contributed by atoms with E-state index in [0.29, 0.717) is 0 Å². The molecule has 13 heavy (non-hydrogen) atoms. The third-order valence-corrected chi connectivity index (χ3v) is 0.264. The molecule has 0 aromatic heterocycles. The second-order valence-corrected chi connectivity index (χ2v) is 2.37. The molecule has 10 heteroatoms. The number of aliphatic hydroxyl groups is 2. The molecule has 0 amide bonds. The number of phosphoric acid groups is 1. The summed E-state index contributed by atoms with van der Waals surface area (Å²) in [6.07, 6.45) is -0.560. The van der Waals surface area contributed by atoms with Crippen molar-refractivity contribution in [3.63, 3.8) is 0 Å². The minimum atomic E-state index is -5.39. The Kier molecular flexibility index (Phi) is 45.6. The van der Waals surface area contributed by atoms with Crippen molar-refractivity contribution >= 4 is 7.82 Å². The van der Waals surface area contributed by atoms with Crippen LogP contribution in [0, 0.1) is 0 Å². The van der Waals surface area contributed by atoms with Crippen LogP contribution in [0.5, 0.6) is 0 Å². The summed E-state index contributed by atoms with van der Waals surface area (Å²) >= 11 is 0. The van der Waals surface area contributed by atoms with E-state index in [1.54, 1.807) is 0 Å². The van der Waals surface area contributed by atoms with Gasteiger partial charge in [0.1, 0.15) is 0 Å². The zero-order chi connectivity index (χ0) is 8.78. The first-order chi connectivity index (χ1) is 4.27. The monoisotopic (exact) mass is 288 g/mol. The van der Waals surface area contributed by atoms with Gasteiger partial charge in [-0.1, -0.05) is 0 Å². The summed E-state index contributed by atoms with van der Waals surface area (Å²) in [7, 11) is -5.39. The SMILES string of the molecule is CC(O)CO.O=P([O-])([O-])[O-].[K+].[K+].[K+]. The smallest absolute Gasteiger partial charge is 0.822 e. The second-order valence-electron chi connectivity index (χ2n) is 1.48. The van der Waals surface area contributed by atoms with Gasteiger partial charge in [-0.25, -0.2) is 0 Å². The molecule has 0 rings (SSSR count). The van der Waals surface area contributed by atoms with Gasteiger partial charge in [-0.05, 0) is 6.92 Å². The Morgan fingerprint density at radius 1 is 1.23 bits per heavy atom. The summed E-state index contributed by atoms with van der Waals surface area (Å²) in [5, 5.41) is 16.0. The first kappa shape index (κ1) is 30.7. The van der Waals surface area contributed by atoms with E-state index in [4.69, 9.17) is 29.5 Å². The van der Waals surface area contributed by atoms with Gasteiger partial charge in [0.15, 0.2) is 0 Å². The minimum Gasteiger partial charge on any atom is -0.822 e. The van der Waals surface area contributed by atoms with E-state index in [2.05, 4.69) is 0 Å². The average Bonchev–Trinajstić information content (AvgIpc) is 1.61. The maximum Gasteiger partial charge on any atom is 1.00 e. The summed E-state index contributed by atoms with van der Waals surface area (Å²) in [6.45, 7) is 1.39. The van der Waals surface area contributed by atoms with Gasteiger partial charge >= 0.3 is 154 Å². The Balaban J connectivity index is -0.0000000267. The maximum atomic E-state index is 8.55. The molecule has 0 spiro atoms. The summed E-state index contributed by atoms with van der Waals surface area (Å²) in [4.78, 5) is 25.6. The number of rotatable bonds is 1. The molecular formula is C3H8K3O6P. The third-order valence-electron chi connectivity index (χ3n) is 0.264. The third kappa shape index (κ3) is 78.5. The first-order valence-electron chi connectivity index (χ1n) is 2.29. The van der Waals surface area contributed by atoms with E-state index < -0.39 is 13.9 Å². The molecule has 0 aliphatic heterocycles. The fourth-order valence-corrected chi connectivity index (χ4v) is 0. The van der Waals surface area contributed by atoms with Crippen molar-refractivity contribution in [2.24, 2.45) is 0 Å². The molecular weight excluding hydrogens is 280 g/mol. The van der Waals surface area contributed by atoms with Crippen LogP contribution in [0.4, 0.5) is 0 Å². The van der Waals surface area contributed by atoms with Gasteiger partial charge in [0.05, 0.1) is 12.7 Å². The molecule has 0 radical (unpaired) electrons. The molecule has 0 aliphatic carbocycles.